The molecule has 3 rings (SSSR count). The van der Waals surface area contributed by atoms with Gasteiger partial charge in [0.25, 0.3) is 5.91 Å². The average Bonchev–Trinajstić information content (AvgIpc) is 2.84. The number of nitrogen functional groups attached to an aromatic ring is 1. The number of nitrogens with zero attached hydrogens (tertiary/aromatic N) is 1. The normalized spacial score (nSPS) is 26.3. The molecule has 1 aliphatic carbocycles. The van der Waals surface area contributed by atoms with Gasteiger partial charge in [-0.25, -0.2) is 4.39 Å². The molecular weight excluding hydrogens is 247 g/mol. The fourth-order valence-corrected chi connectivity index (χ4v) is 3.08. The van der Waals surface area contributed by atoms with Crippen molar-refractivity contribution in [2.45, 2.75) is 31.4 Å². The number of nitrogens with two attached hydrogens (primary N) is 1. The molecule has 1 aromatic carbocycles. The van der Waals surface area contributed by atoms with Crippen LogP contribution in [0.3, 0.4) is 0 Å². The number of anilines is 1. The molecule has 5 heteroatoms. The highest BCUT2D eigenvalue weighted by molar-refractivity contribution is 5.95. The third-order valence-corrected chi connectivity index (χ3v) is 3.91. The third kappa shape index (κ3) is 2.30. The number of carbonyl (C=O) groups is 1. The minimum atomic E-state index is -0.473. The molecule has 102 valence electrons. The molecule has 1 amide bonds. The van der Waals surface area contributed by atoms with E-state index in [-0.39, 0.29) is 23.7 Å². The van der Waals surface area contributed by atoms with Gasteiger partial charge in [0.15, 0.2) is 0 Å². The fraction of sp³-hybridized carbons (Fsp3) is 0.500. The topological polar surface area (TPSA) is 55.6 Å². The molecule has 4 nitrogen and oxygen atoms in total. The van der Waals surface area contributed by atoms with Crippen molar-refractivity contribution >= 4 is 11.6 Å². The number of rotatable bonds is 1. The number of morpholine rings is 1. The number of hydrogen-bond acceptors (Lipinski definition) is 3. The summed E-state index contributed by atoms with van der Waals surface area (Å²) in [6.45, 7) is 1.12. The summed E-state index contributed by atoms with van der Waals surface area (Å²) in [7, 11) is 0. The Bertz CT molecular complexity index is 486. The van der Waals surface area contributed by atoms with Gasteiger partial charge >= 0.3 is 0 Å². The fourth-order valence-electron chi connectivity index (χ4n) is 3.08. The molecule has 2 unspecified atom stereocenters. The summed E-state index contributed by atoms with van der Waals surface area (Å²) in [5.74, 6) is -0.619. The Kier molecular flexibility index (Phi) is 3.14. The van der Waals surface area contributed by atoms with Gasteiger partial charge in [-0.3, -0.25) is 4.79 Å². The number of benzene rings is 1. The zero-order valence-electron chi connectivity index (χ0n) is 10.6. The maximum absolute atomic E-state index is 13.3. The molecule has 19 heavy (non-hydrogen) atoms. The van der Waals surface area contributed by atoms with Gasteiger partial charge in [0.05, 0.1) is 18.8 Å². The van der Waals surface area contributed by atoms with Crippen molar-refractivity contribution in [1.82, 2.24) is 4.90 Å². The molecule has 1 heterocycles. The Morgan fingerprint density at radius 2 is 2.21 bits per heavy atom. The van der Waals surface area contributed by atoms with Gasteiger partial charge in [-0.05, 0) is 37.5 Å². The van der Waals surface area contributed by atoms with Crippen LogP contribution in [0.2, 0.25) is 0 Å². The first-order chi connectivity index (χ1) is 9.15. The van der Waals surface area contributed by atoms with Gasteiger partial charge in [-0.15, -0.1) is 0 Å². The number of fused-ring (bicyclic) bond motifs is 1. The van der Waals surface area contributed by atoms with E-state index in [1.165, 1.54) is 18.2 Å². The molecule has 1 saturated carbocycles. The molecule has 0 radical (unpaired) electrons. The lowest BCUT2D eigenvalue weighted by atomic mass is 10.1. The average molecular weight is 264 g/mol. The maximum atomic E-state index is 13.3. The highest BCUT2D eigenvalue weighted by Gasteiger charge is 2.38. The van der Waals surface area contributed by atoms with E-state index >= 15 is 0 Å². The Morgan fingerprint density at radius 1 is 1.37 bits per heavy atom. The molecule has 1 aromatic rings. The number of amides is 1. The highest BCUT2D eigenvalue weighted by Crippen LogP contribution is 2.30. The van der Waals surface area contributed by atoms with Crippen LogP contribution in [0, 0.1) is 5.82 Å². The monoisotopic (exact) mass is 264 g/mol. The summed E-state index contributed by atoms with van der Waals surface area (Å²) < 4.78 is 19.0. The molecule has 0 spiro atoms. The van der Waals surface area contributed by atoms with Gasteiger partial charge in [-0.2, -0.15) is 0 Å². The van der Waals surface area contributed by atoms with Gasteiger partial charge in [0.1, 0.15) is 5.82 Å². The summed E-state index contributed by atoms with van der Waals surface area (Å²) in [6, 6.07) is 4.13. The molecule has 2 aliphatic rings. The van der Waals surface area contributed by atoms with E-state index in [9.17, 15) is 9.18 Å². The summed E-state index contributed by atoms with van der Waals surface area (Å²) in [5, 5.41) is 0. The Balaban J connectivity index is 1.86. The van der Waals surface area contributed by atoms with Crippen LogP contribution in [0.5, 0.6) is 0 Å². The molecule has 2 fully saturated rings. The van der Waals surface area contributed by atoms with E-state index in [1.807, 2.05) is 4.90 Å². The van der Waals surface area contributed by atoms with E-state index in [0.29, 0.717) is 18.7 Å². The number of halogens is 1. The van der Waals surface area contributed by atoms with Gasteiger partial charge < -0.3 is 15.4 Å². The number of hydrogen-bond donors (Lipinski definition) is 1. The van der Waals surface area contributed by atoms with Crippen LogP contribution in [0.15, 0.2) is 18.2 Å². The molecule has 2 atom stereocenters. The van der Waals surface area contributed by atoms with Crippen molar-refractivity contribution in [3.63, 3.8) is 0 Å². The van der Waals surface area contributed by atoms with Crippen molar-refractivity contribution in [3.05, 3.63) is 29.6 Å². The van der Waals surface area contributed by atoms with Crippen molar-refractivity contribution in [3.8, 4) is 0 Å². The van der Waals surface area contributed by atoms with Crippen LogP contribution in [0.1, 0.15) is 29.6 Å². The standard InChI is InChI=1S/C14H17FN2O2/c15-10-6-9(7-11(16)8-10)14(18)17-4-5-19-13-3-1-2-12(13)17/h6-8,12-13H,1-5,16H2. The summed E-state index contributed by atoms with van der Waals surface area (Å²) in [5.41, 5.74) is 6.20. The number of ether oxygens (including phenoxy) is 1. The third-order valence-electron chi connectivity index (χ3n) is 3.91. The van der Waals surface area contributed by atoms with Crippen molar-refractivity contribution in [1.29, 1.82) is 0 Å². The molecule has 2 N–H and O–H groups in total. The van der Waals surface area contributed by atoms with Crippen LogP contribution >= 0.6 is 0 Å². The van der Waals surface area contributed by atoms with Crippen molar-refractivity contribution in [2.24, 2.45) is 0 Å². The maximum Gasteiger partial charge on any atom is 0.254 e. The molecule has 0 bridgehead atoms. The predicted octanol–water partition coefficient (Wildman–Crippen LogP) is 1.80. The second-order valence-electron chi connectivity index (χ2n) is 5.18. The summed E-state index contributed by atoms with van der Waals surface area (Å²) in [4.78, 5) is 14.3. The first-order valence-electron chi connectivity index (χ1n) is 6.64. The smallest absolute Gasteiger partial charge is 0.254 e. The van der Waals surface area contributed by atoms with Crippen LogP contribution in [-0.4, -0.2) is 36.1 Å². The van der Waals surface area contributed by atoms with Gasteiger partial charge in [-0.1, -0.05) is 0 Å². The Hall–Kier alpha value is -1.62. The van der Waals surface area contributed by atoms with E-state index < -0.39 is 5.82 Å². The summed E-state index contributed by atoms with van der Waals surface area (Å²) in [6.07, 6.45) is 3.18. The number of carbonyl (C=O) groups excluding carboxylic acids is 1. The summed E-state index contributed by atoms with van der Waals surface area (Å²) >= 11 is 0. The van der Waals surface area contributed by atoms with Crippen LogP contribution in [0.4, 0.5) is 10.1 Å². The zero-order valence-corrected chi connectivity index (χ0v) is 10.6. The van der Waals surface area contributed by atoms with Gasteiger partial charge in [0.2, 0.25) is 0 Å². The first-order valence-corrected chi connectivity index (χ1v) is 6.64. The highest BCUT2D eigenvalue weighted by atomic mass is 19.1. The lowest BCUT2D eigenvalue weighted by Gasteiger charge is -2.37. The van der Waals surface area contributed by atoms with Crippen molar-refractivity contribution in [2.75, 3.05) is 18.9 Å². The molecular formula is C14H17FN2O2. The first kappa shape index (κ1) is 12.4. The quantitative estimate of drug-likeness (QED) is 0.787. The molecule has 1 saturated heterocycles. The predicted molar refractivity (Wildman–Crippen MR) is 69.2 cm³/mol. The van der Waals surface area contributed by atoms with E-state index in [2.05, 4.69) is 0 Å². The lowest BCUT2D eigenvalue weighted by molar-refractivity contribution is -0.0445. The van der Waals surface area contributed by atoms with Crippen molar-refractivity contribution < 1.29 is 13.9 Å². The van der Waals surface area contributed by atoms with E-state index in [1.54, 1.807) is 0 Å². The van der Waals surface area contributed by atoms with Crippen LogP contribution < -0.4 is 5.73 Å². The minimum Gasteiger partial charge on any atom is -0.399 e. The zero-order chi connectivity index (χ0) is 13.4. The lowest BCUT2D eigenvalue weighted by Crippen LogP contribution is -2.51. The van der Waals surface area contributed by atoms with Gasteiger partial charge in [0, 0.05) is 17.8 Å². The Morgan fingerprint density at radius 3 is 3.00 bits per heavy atom. The second kappa shape index (κ2) is 4.81. The van der Waals surface area contributed by atoms with Crippen LogP contribution in [0.25, 0.3) is 0 Å². The molecule has 1 aliphatic heterocycles. The van der Waals surface area contributed by atoms with E-state index in [4.69, 9.17) is 10.5 Å². The van der Waals surface area contributed by atoms with E-state index in [0.717, 1.165) is 19.3 Å². The second-order valence-corrected chi connectivity index (χ2v) is 5.18. The minimum absolute atomic E-state index is 0.130. The van der Waals surface area contributed by atoms with Crippen LogP contribution in [-0.2, 0) is 4.74 Å². The Labute approximate surface area is 111 Å². The SMILES string of the molecule is Nc1cc(F)cc(C(=O)N2CCOC3CCCC32)c1. The molecule has 0 aromatic heterocycles. The largest absolute Gasteiger partial charge is 0.399 e.